The maximum Gasteiger partial charge on any atom is 0.146 e. The third-order valence-electron chi connectivity index (χ3n) is 3.26. The highest BCUT2D eigenvalue weighted by molar-refractivity contribution is 5.49. The van der Waals surface area contributed by atoms with Crippen LogP contribution in [0.4, 0.5) is 10.1 Å². The summed E-state index contributed by atoms with van der Waals surface area (Å²) in [6, 6.07) is 5.37. The Bertz CT molecular complexity index is 385. The monoisotopic (exact) mass is 282 g/mol. The Hall–Kier alpha value is -1.13. The first-order valence-corrected chi connectivity index (χ1v) is 7.57. The second-order valence-electron chi connectivity index (χ2n) is 5.03. The average Bonchev–Trinajstić information content (AvgIpc) is 2.44. The van der Waals surface area contributed by atoms with E-state index >= 15 is 0 Å². The van der Waals surface area contributed by atoms with E-state index in [1.165, 1.54) is 0 Å². The molecule has 0 fully saturated rings. The molecule has 1 rings (SSSR count). The average molecular weight is 282 g/mol. The third kappa shape index (κ3) is 5.47. The minimum absolute atomic E-state index is 0.0446. The first-order valence-electron chi connectivity index (χ1n) is 7.57. The van der Waals surface area contributed by atoms with Crippen LogP contribution in [0.25, 0.3) is 0 Å². The number of anilines is 1. The van der Waals surface area contributed by atoms with Gasteiger partial charge in [0.25, 0.3) is 0 Å². The number of benzene rings is 1. The fraction of sp³-hybridized carbons (Fsp3) is 0.625. The van der Waals surface area contributed by atoms with Crippen molar-refractivity contribution in [3.8, 4) is 0 Å². The van der Waals surface area contributed by atoms with Gasteiger partial charge in [0.2, 0.25) is 0 Å². The Morgan fingerprint density at radius 1 is 1.20 bits per heavy atom. The molecule has 1 aromatic rings. The van der Waals surface area contributed by atoms with E-state index in [2.05, 4.69) is 19.2 Å². The van der Waals surface area contributed by atoms with Crippen molar-refractivity contribution in [1.82, 2.24) is 5.32 Å². The number of hydrogen-bond acceptors (Lipinski definition) is 3. The van der Waals surface area contributed by atoms with Crippen LogP contribution in [0.1, 0.15) is 38.7 Å². The van der Waals surface area contributed by atoms with Gasteiger partial charge in [0.15, 0.2) is 0 Å². The Kier molecular flexibility index (Phi) is 8.23. The van der Waals surface area contributed by atoms with Crippen LogP contribution in [0, 0.1) is 5.82 Å². The summed E-state index contributed by atoms with van der Waals surface area (Å²) < 4.78 is 14.2. The van der Waals surface area contributed by atoms with E-state index in [1.54, 1.807) is 6.07 Å². The number of hydrogen-bond donors (Lipinski definition) is 2. The number of unbranched alkanes of at least 4 members (excludes halogenated alkanes) is 1. The van der Waals surface area contributed by atoms with E-state index in [0.717, 1.165) is 37.9 Å². The van der Waals surface area contributed by atoms with Crippen molar-refractivity contribution in [2.75, 3.05) is 31.1 Å². The van der Waals surface area contributed by atoms with Gasteiger partial charge in [0, 0.05) is 19.6 Å². The summed E-state index contributed by atoms with van der Waals surface area (Å²) in [6.45, 7) is 7.15. The maximum absolute atomic E-state index is 14.2. The molecule has 3 nitrogen and oxygen atoms in total. The molecule has 0 atom stereocenters. The van der Waals surface area contributed by atoms with Crippen LogP contribution in [0.15, 0.2) is 18.2 Å². The molecule has 0 radical (unpaired) electrons. The maximum atomic E-state index is 14.2. The van der Waals surface area contributed by atoms with Crippen molar-refractivity contribution in [2.24, 2.45) is 0 Å². The van der Waals surface area contributed by atoms with Crippen molar-refractivity contribution in [2.45, 2.75) is 39.7 Å². The molecule has 0 aliphatic carbocycles. The van der Waals surface area contributed by atoms with Crippen molar-refractivity contribution >= 4 is 5.69 Å². The van der Waals surface area contributed by atoms with Crippen molar-refractivity contribution < 1.29 is 9.50 Å². The molecule has 0 aromatic heterocycles. The first kappa shape index (κ1) is 16.9. The zero-order valence-electron chi connectivity index (χ0n) is 12.7. The molecule has 4 heteroatoms. The smallest absolute Gasteiger partial charge is 0.146 e. The minimum atomic E-state index is -0.203. The Labute approximate surface area is 121 Å². The molecular formula is C16H27FN2O. The summed E-state index contributed by atoms with van der Waals surface area (Å²) in [5.41, 5.74) is 1.55. The number of nitrogens with zero attached hydrogens (tertiary/aromatic N) is 1. The fourth-order valence-corrected chi connectivity index (χ4v) is 2.15. The Balaban J connectivity index is 2.72. The van der Waals surface area contributed by atoms with Gasteiger partial charge in [0.05, 0.1) is 12.3 Å². The summed E-state index contributed by atoms with van der Waals surface area (Å²) in [7, 11) is 0. The van der Waals surface area contributed by atoms with Crippen molar-refractivity contribution in [3.05, 3.63) is 29.6 Å². The zero-order valence-corrected chi connectivity index (χ0v) is 12.7. The molecule has 0 saturated carbocycles. The Morgan fingerprint density at radius 3 is 2.60 bits per heavy atom. The lowest BCUT2D eigenvalue weighted by atomic mass is 10.1. The second kappa shape index (κ2) is 9.72. The normalized spacial score (nSPS) is 10.8. The van der Waals surface area contributed by atoms with Gasteiger partial charge in [0.1, 0.15) is 5.82 Å². The summed E-state index contributed by atoms with van der Waals surface area (Å²) in [4.78, 5) is 1.92. The molecule has 0 spiro atoms. The highest BCUT2D eigenvalue weighted by Crippen LogP contribution is 2.21. The van der Waals surface area contributed by atoms with Gasteiger partial charge in [-0.2, -0.15) is 0 Å². The topological polar surface area (TPSA) is 35.5 Å². The molecule has 114 valence electrons. The van der Waals surface area contributed by atoms with Gasteiger partial charge in [-0.15, -0.1) is 0 Å². The zero-order chi connectivity index (χ0) is 14.8. The molecule has 0 aliphatic heterocycles. The lowest BCUT2D eigenvalue weighted by Gasteiger charge is -2.24. The number of halogens is 1. The summed E-state index contributed by atoms with van der Waals surface area (Å²) in [6.07, 6.45) is 3.13. The number of nitrogens with one attached hydrogen (secondary N) is 1. The molecule has 0 bridgehead atoms. The van der Waals surface area contributed by atoms with Gasteiger partial charge < -0.3 is 15.3 Å². The lowest BCUT2D eigenvalue weighted by molar-refractivity contribution is 0.301. The minimum Gasteiger partial charge on any atom is -0.395 e. The fourth-order valence-electron chi connectivity index (χ4n) is 2.15. The number of rotatable bonds is 10. The molecule has 0 saturated heterocycles. The summed E-state index contributed by atoms with van der Waals surface area (Å²) in [5.74, 6) is -0.203. The standard InChI is InChI=1S/C16H27FN2O/c1-3-5-9-19(10-11-20)16-7-6-14(12-15(16)17)13-18-8-4-2/h6-7,12,18,20H,3-5,8-11,13H2,1-2H3. The molecule has 20 heavy (non-hydrogen) atoms. The molecule has 0 unspecified atom stereocenters. The highest BCUT2D eigenvalue weighted by Gasteiger charge is 2.11. The molecular weight excluding hydrogens is 255 g/mol. The van der Waals surface area contributed by atoms with E-state index in [0.29, 0.717) is 18.8 Å². The first-order chi connectivity index (χ1) is 9.72. The van der Waals surface area contributed by atoms with Gasteiger partial charge in [-0.1, -0.05) is 26.3 Å². The number of aliphatic hydroxyl groups excluding tert-OH is 1. The molecule has 0 amide bonds. The van der Waals surface area contributed by atoms with E-state index in [-0.39, 0.29) is 12.4 Å². The van der Waals surface area contributed by atoms with Gasteiger partial charge in [-0.05, 0) is 37.1 Å². The quantitative estimate of drug-likeness (QED) is 0.648. The largest absolute Gasteiger partial charge is 0.395 e. The SMILES string of the molecule is CCCCN(CCO)c1ccc(CNCCC)cc1F. The molecule has 0 aliphatic rings. The van der Waals surface area contributed by atoms with Crippen LogP contribution in [-0.4, -0.2) is 31.3 Å². The van der Waals surface area contributed by atoms with E-state index < -0.39 is 0 Å². The summed E-state index contributed by atoms with van der Waals surface area (Å²) in [5, 5.41) is 12.4. The van der Waals surface area contributed by atoms with Crippen molar-refractivity contribution in [1.29, 1.82) is 0 Å². The number of aliphatic hydroxyl groups is 1. The predicted octanol–water partition coefficient (Wildman–Crippen LogP) is 2.92. The lowest BCUT2D eigenvalue weighted by Crippen LogP contribution is -2.28. The molecule has 1 aromatic carbocycles. The molecule has 2 N–H and O–H groups in total. The third-order valence-corrected chi connectivity index (χ3v) is 3.26. The van der Waals surface area contributed by atoms with Crippen LogP contribution < -0.4 is 10.2 Å². The van der Waals surface area contributed by atoms with E-state index in [9.17, 15) is 4.39 Å². The van der Waals surface area contributed by atoms with E-state index in [4.69, 9.17) is 5.11 Å². The van der Waals surface area contributed by atoms with E-state index in [1.807, 2.05) is 17.0 Å². The van der Waals surface area contributed by atoms with Crippen LogP contribution in [-0.2, 0) is 6.54 Å². The Morgan fingerprint density at radius 2 is 2.00 bits per heavy atom. The van der Waals surface area contributed by atoms with Crippen LogP contribution in [0.3, 0.4) is 0 Å². The van der Waals surface area contributed by atoms with Gasteiger partial charge in [-0.3, -0.25) is 0 Å². The van der Waals surface area contributed by atoms with Crippen LogP contribution in [0.5, 0.6) is 0 Å². The molecule has 0 heterocycles. The highest BCUT2D eigenvalue weighted by atomic mass is 19.1. The van der Waals surface area contributed by atoms with Gasteiger partial charge >= 0.3 is 0 Å². The summed E-state index contributed by atoms with van der Waals surface area (Å²) >= 11 is 0. The second-order valence-corrected chi connectivity index (χ2v) is 5.03. The van der Waals surface area contributed by atoms with Crippen LogP contribution in [0.2, 0.25) is 0 Å². The van der Waals surface area contributed by atoms with Gasteiger partial charge in [-0.25, -0.2) is 4.39 Å². The van der Waals surface area contributed by atoms with Crippen LogP contribution >= 0.6 is 0 Å². The predicted molar refractivity (Wildman–Crippen MR) is 82.6 cm³/mol. The van der Waals surface area contributed by atoms with Crippen molar-refractivity contribution in [3.63, 3.8) is 0 Å².